The van der Waals surface area contributed by atoms with Crippen LogP contribution in [0, 0.1) is 10.1 Å². The van der Waals surface area contributed by atoms with Crippen LogP contribution in [0.15, 0.2) is 71.8 Å². The average Bonchev–Trinajstić information content (AvgIpc) is 2.74. The Bertz CT molecular complexity index is 1120. The van der Waals surface area contributed by atoms with Crippen LogP contribution in [-0.4, -0.2) is 24.2 Å². The van der Waals surface area contributed by atoms with Gasteiger partial charge >= 0.3 is 5.69 Å². The maximum Gasteiger partial charge on any atom is 0.311 e. The van der Waals surface area contributed by atoms with Crippen LogP contribution >= 0.6 is 11.6 Å². The van der Waals surface area contributed by atoms with Gasteiger partial charge in [-0.05, 0) is 48.0 Å². The van der Waals surface area contributed by atoms with E-state index in [9.17, 15) is 14.9 Å². The Morgan fingerprint density at radius 3 is 2.60 bits per heavy atom. The van der Waals surface area contributed by atoms with E-state index in [0.29, 0.717) is 27.6 Å². The molecule has 0 aliphatic rings. The van der Waals surface area contributed by atoms with Gasteiger partial charge < -0.3 is 9.47 Å². The van der Waals surface area contributed by atoms with Crippen molar-refractivity contribution in [2.75, 3.05) is 7.11 Å². The zero-order valence-corrected chi connectivity index (χ0v) is 16.5. The van der Waals surface area contributed by atoms with Gasteiger partial charge in [-0.3, -0.25) is 14.9 Å². The minimum absolute atomic E-state index is 0.0935. The maximum absolute atomic E-state index is 12.1. The fraction of sp³-hybridized carbons (Fsp3) is 0.0476. The molecule has 1 N–H and O–H groups in total. The molecule has 0 heterocycles. The van der Waals surface area contributed by atoms with Gasteiger partial charge in [0.1, 0.15) is 0 Å². The Morgan fingerprint density at radius 2 is 1.87 bits per heavy atom. The van der Waals surface area contributed by atoms with Gasteiger partial charge in [0.15, 0.2) is 11.5 Å². The molecule has 0 aliphatic heterocycles. The summed E-state index contributed by atoms with van der Waals surface area (Å²) in [6, 6.07) is 17.4. The number of hydrazone groups is 1. The van der Waals surface area contributed by atoms with Crippen molar-refractivity contribution in [3.63, 3.8) is 0 Å². The number of para-hydroxylation sites is 2. The minimum Gasteiger partial charge on any atom is -0.493 e. The van der Waals surface area contributed by atoms with Crippen LogP contribution in [0.2, 0.25) is 5.02 Å². The normalized spacial score (nSPS) is 10.6. The van der Waals surface area contributed by atoms with E-state index in [2.05, 4.69) is 10.5 Å². The molecule has 9 heteroatoms. The molecule has 0 radical (unpaired) electrons. The van der Waals surface area contributed by atoms with Crippen molar-refractivity contribution >= 4 is 29.4 Å². The van der Waals surface area contributed by atoms with Gasteiger partial charge in [0.25, 0.3) is 5.91 Å². The number of hydrogen-bond acceptors (Lipinski definition) is 6. The quantitative estimate of drug-likeness (QED) is 0.332. The summed E-state index contributed by atoms with van der Waals surface area (Å²) < 4.78 is 11.0. The predicted octanol–water partition coefficient (Wildman–Crippen LogP) is 4.81. The van der Waals surface area contributed by atoms with Crippen molar-refractivity contribution in [3.8, 4) is 17.2 Å². The van der Waals surface area contributed by atoms with Crippen molar-refractivity contribution in [2.45, 2.75) is 0 Å². The van der Waals surface area contributed by atoms with E-state index in [1.165, 1.54) is 31.5 Å². The lowest BCUT2D eigenvalue weighted by atomic mass is 10.2. The molecule has 0 aromatic heterocycles. The molecule has 1 amide bonds. The third kappa shape index (κ3) is 5.12. The summed E-state index contributed by atoms with van der Waals surface area (Å²) in [6.07, 6.45) is 1.43. The molecule has 0 saturated carbocycles. The van der Waals surface area contributed by atoms with Gasteiger partial charge in [0.05, 0.1) is 18.2 Å². The molecular weight excluding hydrogens is 410 g/mol. The first-order valence-corrected chi connectivity index (χ1v) is 9.04. The van der Waals surface area contributed by atoms with E-state index in [0.717, 1.165) is 0 Å². The summed E-state index contributed by atoms with van der Waals surface area (Å²) in [5.74, 6) is 0.332. The molecule has 30 heavy (non-hydrogen) atoms. The fourth-order valence-electron chi connectivity index (χ4n) is 2.52. The summed E-state index contributed by atoms with van der Waals surface area (Å²) in [5, 5.41) is 15.5. The lowest BCUT2D eigenvalue weighted by molar-refractivity contribution is -0.385. The fourth-order valence-corrected chi connectivity index (χ4v) is 2.71. The minimum atomic E-state index is -0.522. The van der Waals surface area contributed by atoms with Crippen LogP contribution in [-0.2, 0) is 0 Å². The van der Waals surface area contributed by atoms with Gasteiger partial charge in [-0.1, -0.05) is 29.8 Å². The smallest absolute Gasteiger partial charge is 0.311 e. The van der Waals surface area contributed by atoms with Gasteiger partial charge in [-0.25, -0.2) is 5.43 Å². The largest absolute Gasteiger partial charge is 0.493 e. The van der Waals surface area contributed by atoms with Gasteiger partial charge in [-0.15, -0.1) is 0 Å². The molecule has 0 spiro atoms. The van der Waals surface area contributed by atoms with Crippen molar-refractivity contribution in [1.82, 2.24) is 5.43 Å². The summed E-state index contributed by atoms with van der Waals surface area (Å²) in [4.78, 5) is 22.7. The maximum atomic E-state index is 12.1. The van der Waals surface area contributed by atoms with E-state index >= 15 is 0 Å². The Morgan fingerprint density at radius 1 is 1.07 bits per heavy atom. The number of benzene rings is 3. The monoisotopic (exact) mass is 425 g/mol. The second kappa shape index (κ2) is 9.53. The van der Waals surface area contributed by atoms with E-state index in [1.54, 1.807) is 48.5 Å². The van der Waals surface area contributed by atoms with Crippen LogP contribution < -0.4 is 14.9 Å². The first-order valence-electron chi connectivity index (χ1n) is 8.66. The highest BCUT2D eigenvalue weighted by molar-refractivity contribution is 6.30. The average molecular weight is 426 g/mol. The van der Waals surface area contributed by atoms with Crippen LogP contribution in [0.4, 0.5) is 5.69 Å². The van der Waals surface area contributed by atoms with Crippen LogP contribution in [0.3, 0.4) is 0 Å². The highest BCUT2D eigenvalue weighted by Crippen LogP contribution is 2.36. The Hall–Kier alpha value is -3.91. The number of hydrogen-bond donors (Lipinski definition) is 1. The van der Waals surface area contributed by atoms with Crippen molar-refractivity contribution in [2.24, 2.45) is 5.10 Å². The number of carbonyl (C=O) groups excluding carboxylic acids is 1. The molecular formula is C21H16ClN3O5. The molecule has 0 bridgehead atoms. The molecule has 0 unspecified atom stereocenters. The third-order valence-electron chi connectivity index (χ3n) is 3.94. The summed E-state index contributed by atoms with van der Waals surface area (Å²) in [7, 11) is 1.45. The van der Waals surface area contributed by atoms with Crippen LogP contribution in [0.5, 0.6) is 17.2 Å². The number of nitrogens with one attached hydrogen (secondary N) is 1. The molecule has 8 nitrogen and oxygen atoms in total. The van der Waals surface area contributed by atoms with E-state index in [-0.39, 0.29) is 11.4 Å². The van der Waals surface area contributed by atoms with Crippen molar-refractivity contribution in [1.29, 1.82) is 0 Å². The highest BCUT2D eigenvalue weighted by atomic mass is 35.5. The number of rotatable bonds is 7. The SMILES string of the molecule is COc1cc(/C=N\NC(=O)c2cccc(Cl)c2)ccc1Oc1ccccc1[N+](=O)[O-]. The molecule has 3 rings (SSSR count). The van der Waals surface area contributed by atoms with Crippen molar-refractivity contribution in [3.05, 3.63) is 93.0 Å². The molecule has 0 atom stereocenters. The summed E-state index contributed by atoms with van der Waals surface area (Å²) in [5.41, 5.74) is 3.25. The predicted molar refractivity (Wildman–Crippen MR) is 113 cm³/mol. The lowest BCUT2D eigenvalue weighted by Crippen LogP contribution is -2.17. The number of methoxy groups -OCH3 is 1. The van der Waals surface area contributed by atoms with Gasteiger partial charge in [0, 0.05) is 16.7 Å². The highest BCUT2D eigenvalue weighted by Gasteiger charge is 2.16. The number of carbonyl (C=O) groups is 1. The Balaban J connectivity index is 1.73. The lowest BCUT2D eigenvalue weighted by Gasteiger charge is -2.11. The zero-order chi connectivity index (χ0) is 21.5. The van der Waals surface area contributed by atoms with Crippen LogP contribution in [0.1, 0.15) is 15.9 Å². The second-order valence-electron chi connectivity index (χ2n) is 5.95. The number of nitrogens with zero attached hydrogens (tertiary/aromatic N) is 2. The molecule has 3 aromatic rings. The molecule has 152 valence electrons. The number of nitro benzene ring substituents is 1. The molecule has 0 aliphatic carbocycles. The topological polar surface area (TPSA) is 103 Å². The number of amides is 1. The number of halogens is 1. The number of nitro groups is 1. The van der Waals surface area contributed by atoms with Gasteiger partial charge in [-0.2, -0.15) is 5.10 Å². The standard InChI is InChI=1S/C21H16ClN3O5/c1-29-20-11-14(13-23-24-21(26)15-5-4-6-16(22)12-15)9-10-19(20)30-18-8-3-2-7-17(18)25(27)28/h2-13H,1H3,(H,24,26)/b23-13-. The third-order valence-corrected chi connectivity index (χ3v) is 4.17. The molecule has 0 fully saturated rings. The van der Waals surface area contributed by atoms with Crippen molar-refractivity contribution < 1.29 is 19.2 Å². The first-order chi connectivity index (χ1) is 14.5. The van der Waals surface area contributed by atoms with E-state index in [1.807, 2.05) is 0 Å². The second-order valence-corrected chi connectivity index (χ2v) is 6.38. The van der Waals surface area contributed by atoms with Gasteiger partial charge in [0.2, 0.25) is 5.75 Å². The molecule has 0 saturated heterocycles. The summed E-state index contributed by atoms with van der Waals surface area (Å²) >= 11 is 5.87. The van der Waals surface area contributed by atoms with E-state index in [4.69, 9.17) is 21.1 Å². The van der Waals surface area contributed by atoms with Crippen LogP contribution in [0.25, 0.3) is 0 Å². The zero-order valence-electron chi connectivity index (χ0n) is 15.7. The summed E-state index contributed by atoms with van der Waals surface area (Å²) in [6.45, 7) is 0. The molecule has 3 aromatic carbocycles. The number of ether oxygens (including phenoxy) is 2. The first kappa shape index (κ1) is 20.8. The Labute approximate surface area is 176 Å². The van der Waals surface area contributed by atoms with E-state index < -0.39 is 10.8 Å². The Kier molecular flexibility index (Phi) is 6.61.